The van der Waals surface area contributed by atoms with E-state index in [2.05, 4.69) is 10.6 Å². The SMILES string of the molecule is CC(C)[C@@H](NCC(=O)NC1CCOCC1)c1ccc(Cl)cc1F. The number of hydrogen-bond acceptors (Lipinski definition) is 3. The van der Waals surface area contributed by atoms with Crippen LogP contribution < -0.4 is 10.6 Å². The molecule has 0 radical (unpaired) electrons. The third kappa shape index (κ3) is 5.44. The van der Waals surface area contributed by atoms with Crippen LogP contribution in [0.25, 0.3) is 0 Å². The Morgan fingerprint density at radius 2 is 2.09 bits per heavy atom. The molecule has 1 saturated heterocycles. The summed E-state index contributed by atoms with van der Waals surface area (Å²) >= 11 is 5.80. The maximum Gasteiger partial charge on any atom is 0.234 e. The predicted molar refractivity (Wildman–Crippen MR) is 89.0 cm³/mol. The molecule has 1 atom stereocenters. The molecular weight excluding hydrogens is 319 g/mol. The van der Waals surface area contributed by atoms with Crippen molar-refractivity contribution >= 4 is 17.5 Å². The van der Waals surface area contributed by atoms with E-state index in [0.717, 1.165) is 12.8 Å². The second kappa shape index (κ2) is 8.62. The van der Waals surface area contributed by atoms with Gasteiger partial charge in [0.2, 0.25) is 5.91 Å². The normalized spacial score (nSPS) is 17.3. The number of nitrogens with one attached hydrogen (secondary N) is 2. The Kier molecular flexibility index (Phi) is 6.81. The molecule has 2 N–H and O–H groups in total. The summed E-state index contributed by atoms with van der Waals surface area (Å²) in [6.07, 6.45) is 1.68. The van der Waals surface area contributed by atoms with Crippen molar-refractivity contribution in [1.82, 2.24) is 10.6 Å². The second-order valence-corrected chi connectivity index (χ2v) is 6.66. The fourth-order valence-corrected chi connectivity index (χ4v) is 2.94. The average Bonchev–Trinajstić information content (AvgIpc) is 2.50. The van der Waals surface area contributed by atoms with Crippen molar-refractivity contribution in [1.29, 1.82) is 0 Å². The van der Waals surface area contributed by atoms with Crippen LogP contribution in [-0.4, -0.2) is 31.7 Å². The third-order valence-electron chi connectivity index (χ3n) is 4.03. The first-order chi connectivity index (χ1) is 11.0. The van der Waals surface area contributed by atoms with Crippen LogP contribution in [0.1, 0.15) is 38.3 Å². The highest BCUT2D eigenvalue weighted by Gasteiger charge is 2.21. The molecule has 128 valence electrons. The number of carbonyl (C=O) groups excluding carboxylic acids is 1. The molecular formula is C17H24ClFN2O2. The number of rotatable bonds is 6. The maximum atomic E-state index is 14.1. The lowest BCUT2D eigenvalue weighted by Crippen LogP contribution is -2.44. The topological polar surface area (TPSA) is 50.4 Å². The summed E-state index contributed by atoms with van der Waals surface area (Å²) in [5.41, 5.74) is 0.531. The van der Waals surface area contributed by atoms with Gasteiger partial charge in [0.05, 0.1) is 6.54 Å². The fourth-order valence-electron chi connectivity index (χ4n) is 2.78. The number of halogens is 2. The van der Waals surface area contributed by atoms with Crippen molar-refractivity contribution in [3.63, 3.8) is 0 Å². The number of benzene rings is 1. The first-order valence-electron chi connectivity index (χ1n) is 8.03. The number of amides is 1. The van der Waals surface area contributed by atoms with Crippen LogP contribution in [0.2, 0.25) is 5.02 Å². The highest BCUT2D eigenvalue weighted by Crippen LogP contribution is 2.26. The number of carbonyl (C=O) groups is 1. The van der Waals surface area contributed by atoms with Gasteiger partial charge in [-0.1, -0.05) is 31.5 Å². The van der Waals surface area contributed by atoms with Crippen LogP contribution in [0.15, 0.2) is 18.2 Å². The molecule has 1 aliphatic heterocycles. The van der Waals surface area contributed by atoms with E-state index in [0.29, 0.717) is 23.8 Å². The Balaban J connectivity index is 1.92. The van der Waals surface area contributed by atoms with Crippen molar-refractivity contribution in [2.24, 2.45) is 5.92 Å². The minimum atomic E-state index is -0.353. The first kappa shape index (κ1) is 18.2. The zero-order valence-electron chi connectivity index (χ0n) is 13.6. The largest absolute Gasteiger partial charge is 0.381 e. The standard InChI is InChI=1S/C17H24ClFN2O2/c1-11(2)17(14-4-3-12(18)9-15(14)19)20-10-16(22)21-13-5-7-23-8-6-13/h3-4,9,11,13,17,20H,5-8,10H2,1-2H3,(H,21,22)/t17-/m1/s1. The zero-order chi connectivity index (χ0) is 16.8. The van der Waals surface area contributed by atoms with Gasteiger partial charge in [-0.15, -0.1) is 0 Å². The molecule has 0 aromatic heterocycles. The van der Waals surface area contributed by atoms with E-state index in [4.69, 9.17) is 16.3 Å². The van der Waals surface area contributed by atoms with Crippen LogP contribution >= 0.6 is 11.6 Å². The van der Waals surface area contributed by atoms with Gasteiger partial charge in [0.25, 0.3) is 0 Å². The van der Waals surface area contributed by atoms with E-state index in [1.165, 1.54) is 6.07 Å². The van der Waals surface area contributed by atoms with Crippen molar-refractivity contribution in [3.05, 3.63) is 34.6 Å². The van der Waals surface area contributed by atoms with Crippen LogP contribution in [0.5, 0.6) is 0 Å². The van der Waals surface area contributed by atoms with Gasteiger partial charge >= 0.3 is 0 Å². The Labute approximate surface area is 141 Å². The van der Waals surface area contributed by atoms with Gasteiger partial charge in [-0.25, -0.2) is 4.39 Å². The van der Waals surface area contributed by atoms with E-state index < -0.39 is 0 Å². The molecule has 1 amide bonds. The Bertz CT molecular complexity index is 533. The van der Waals surface area contributed by atoms with Crippen molar-refractivity contribution in [3.8, 4) is 0 Å². The number of hydrogen-bond donors (Lipinski definition) is 2. The molecule has 1 fully saturated rings. The van der Waals surface area contributed by atoms with Crippen LogP contribution in [0.3, 0.4) is 0 Å². The highest BCUT2D eigenvalue weighted by atomic mass is 35.5. The Hall–Kier alpha value is -1.17. The molecule has 0 bridgehead atoms. The van der Waals surface area contributed by atoms with E-state index >= 15 is 0 Å². The molecule has 1 aliphatic rings. The monoisotopic (exact) mass is 342 g/mol. The molecule has 23 heavy (non-hydrogen) atoms. The molecule has 0 saturated carbocycles. The van der Waals surface area contributed by atoms with Crippen LogP contribution in [-0.2, 0) is 9.53 Å². The van der Waals surface area contributed by atoms with Crippen LogP contribution in [0.4, 0.5) is 4.39 Å². The summed E-state index contributed by atoms with van der Waals surface area (Å²) in [6, 6.07) is 4.57. The fraction of sp³-hybridized carbons (Fsp3) is 0.588. The zero-order valence-corrected chi connectivity index (χ0v) is 14.3. The summed E-state index contributed by atoms with van der Waals surface area (Å²) in [7, 11) is 0. The molecule has 0 unspecified atom stereocenters. The molecule has 2 rings (SSSR count). The molecule has 1 aromatic rings. The quantitative estimate of drug-likeness (QED) is 0.835. The van der Waals surface area contributed by atoms with Crippen LogP contribution in [0, 0.1) is 11.7 Å². The molecule has 1 aromatic carbocycles. The Morgan fingerprint density at radius 1 is 1.39 bits per heavy atom. The summed E-state index contributed by atoms with van der Waals surface area (Å²) < 4.78 is 19.4. The third-order valence-corrected chi connectivity index (χ3v) is 4.27. The van der Waals surface area contributed by atoms with Gasteiger partial charge in [0, 0.05) is 35.9 Å². The van der Waals surface area contributed by atoms with Gasteiger partial charge in [0.15, 0.2) is 0 Å². The number of ether oxygens (including phenoxy) is 1. The summed E-state index contributed by atoms with van der Waals surface area (Å²) in [4.78, 5) is 12.1. The van der Waals surface area contributed by atoms with E-state index in [1.807, 2.05) is 13.8 Å². The lowest BCUT2D eigenvalue weighted by atomic mass is 9.95. The second-order valence-electron chi connectivity index (χ2n) is 6.22. The van der Waals surface area contributed by atoms with Gasteiger partial charge in [-0.3, -0.25) is 4.79 Å². The highest BCUT2D eigenvalue weighted by molar-refractivity contribution is 6.30. The maximum absolute atomic E-state index is 14.1. The summed E-state index contributed by atoms with van der Waals surface area (Å²) in [5.74, 6) is -0.285. The minimum absolute atomic E-state index is 0.0723. The smallest absolute Gasteiger partial charge is 0.234 e. The van der Waals surface area contributed by atoms with Gasteiger partial charge < -0.3 is 15.4 Å². The van der Waals surface area contributed by atoms with Crippen molar-refractivity contribution in [2.75, 3.05) is 19.8 Å². The Morgan fingerprint density at radius 3 is 2.70 bits per heavy atom. The van der Waals surface area contributed by atoms with Gasteiger partial charge in [-0.2, -0.15) is 0 Å². The van der Waals surface area contributed by atoms with E-state index in [1.54, 1.807) is 12.1 Å². The molecule has 4 nitrogen and oxygen atoms in total. The van der Waals surface area contributed by atoms with Crippen molar-refractivity contribution < 1.29 is 13.9 Å². The summed E-state index contributed by atoms with van der Waals surface area (Å²) in [5, 5.41) is 6.52. The van der Waals surface area contributed by atoms with Gasteiger partial charge in [-0.05, 0) is 30.9 Å². The minimum Gasteiger partial charge on any atom is -0.381 e. The predicted octanol–water partition coefficient (Wildman–Crippen LogP) is 3.06. The van der Waals surface area contributed by atoms with E-state index in [9.17, 15) is 9.18 Å². The molecule has 0 spiro atoms. The molecule has 0 aliphatic carbocycles. The van der Waals surface area contributed by atoms with E-state index in [-0.39, 0.29) is 36.3 Å². The average molecular weight is 343 g/mol. The lowest BCUT2D eigenvalue weighted by Gasteiger charge is -2.26. The van der Waals surface area contributed by atoms with Gasteiger partial charge in [0.1, 0.15) is 5.82 Å². The van der Waals surface area contributed by atoms with Crippen molar-refractivity contribution in [2.45, 2.75) is 38.8 Å². The lowest BCUT2D eigenvalue weighted by molar-refractivity contribution is -0.121. The molecule has 1 heterocycles. The first-order valence-corrected chi connectivity index (χ1v) is 8.40. The summed E-state index contributed by atoms with van der Waals surface area (Å²) in [6.45, 7) is 5.50. The molecule has 6 heteroatoms.